The second kappa shape index (κ2) is 15.6. The number of hydrazone groups is 1. The van der Waals surface area contributed by atoms with Crippen LogP contribution in [0.5, 0.6) is 0 Å². The number of sulfonamides is 1. The highest BCUT2D eigenvalue weighted by molar-refractivity contribution is 7.89. The number of rotatable bonds is 13. The molecule has 0 heterocycles. The molecule has 11 heteroatoms. The minimum Gasteiger partial charge on any atom is -0.369 e. The molecule has 0 aliphatic rings. The van der Waals surface area contributed by atoms with Crippen molar-refractivity contribution in [3.05, 3.63) is 35.5 Å². The van der Waals surface area contributed by atoms with Gasteiger partial charge in [0.1, 0.15) is 23.5 Å². The summed E-state index contributed by atoms with van der Waals surface area (Å²) in [6.07, 6.45) is 2.31. The topological polar surface area (TPSA) is 149 Å². The zero-order valence-electron chi connectivity index (χ0n) is 21.5. The second-order valence-corrected chi connectivity index (χ2v) is 10.0. The molecule has 10 nitrogen and oxygen atoms in total. The number of para-hydroxylation sites is 1. The summed E-state index contributed by atoms with van der Waals surface area (Å²) in [6, 6.07) is 8.49. The van der Waals surface area contributed by atoms with Gasteiger partial charge in [-0.1, -0.05) is 46.2 Å². The zero-order chi connectivity index (χ0) is 27.2. The van der Waals surface area contributed by atoms with Gasteiger partial charge in [-0.05, 0) is 30.9 Å². The molecule has 0 aliphatic heterocycles. The number of allylic oxidation sites excluding steroid dienone is 1. The lowest BCUT2D eigenvalue weighted by molar-refractivity contribution is -0.112. The highest BCUT2D eigenvalue weighted by atomic mass is 32.2. The summed E-state index contributed by atoms with van der Waals surface area (Å²) in [7, 11) is -0.417. The number of nitrogens with zero attached hydrogens (tertiary/aromatic N) is 4. The fourth-order valence-electron chi connectivity index (χ4n) is 3.28. The molecular formula is C24H38N6O4S. The van der Waals surface area contributed by atoms with Crippen LogP contribution in [-0.2, 0) is 19.6 Å². The first-order valence-corrected chi connectivity index (χ1v) is 12.8. The van der Waals surface area contributed by atoms with Crippen LogP contribution in [0.4, 0.5) is 5.69 Å². The monoisotopic (exact) mass is 506 g/mol. The summed E-state index contributed by atoms with van der Waals surface area (Å²) < 4.78 is 28.3. The van der Waals surface area contributed by atoms with E-state index in [4.69, 9.17) is 10.5 Å². The predicted molar refractivity (Wildman–Crippen MR) is 139 cm³/mol. The number of hydrogen-bond donors (Lipinski definition) is 2. The van der Waals surface area contributed by atoms with Crippen LogP contribution in [0, 0.1) is 17.2 Å². The van der Waals surface area contributed by atoms with Gasteiger partial charge >= 0.3 is 0 Å². The lowest BCUT2D eigenvalue weighted by Gasteiger charge is -2.23. The average molecular weight is 507 g/mol. The molecule has 0 spiro atoms. The van der Waals surface area contributed by atoms with Crippen LogP contribution in [0.25, 0.3) is 0 Å². The third-order valence-electron chi connectivity index (χ3n) is 4.90. The van der Waals surface area contributed by atoms with Gasteiger partial charge in [0.2, 0.25) is 10.0 Å². The standard InChI is InChI=1S/C23H36N6O3S.CH2O/c1-7-9-15-29(14-8-2)33(31,32)20-13-11-10-12-18(20)26-27-22(23(25)30)21(17(3)4)19(16-24)28(5)6;1-2/h10-13,17,26H,7-9,14-15H2,1-6H3,(H2,25,30);1H2/b21-19-,27-22-;. The van der Waals surface area contributed by atoms with E-state index in [1.165, 1.54) is 10.4 Å². The summed E-state index contributed by atoms with van der Waals surface area (Å²) >= 11 is 0. The number of benzene rings is 1. The number of unbranched alkanes of at least 4 members (excludes halogenated alkanes) is 1. The Kier molecular flexibility index (Phi) is 14.2. The molecule has 0 saturated heterocycles. The van der Waals surface area contributed by atoms with Gasteiger partial charge in [0.05, 0.1) is 5.69 Å². The summed E-state index contributed by atoms with van der Waals surface area (Å²) in [5, 5.41) is 13.8. The fourth-order valence-corrected chi connectivity index (χ4v) is 5.00. The van der Waals surface area contributed by atoms with Crippen molar-refractivity contribution in [3.8, 4) is 6.07 Å². The maximum atomic E-state index is 13.4. The SMILES string of the molecule is C=O.CCCCN(CCC)S(=O)(=O)c1ccccc1N/N=C(C(N)=O)/C(=C(/C#N)N(C)C)C(C)C. The van der Waals surface area contributed by atoms with E-state index in [1.807, 2.05) is 34.5 Å². The minimum atomic E-state index is -3.79. The van der Waals surface area contributed by atoms with Crippen LogP contribution >= 0.6 is 0 Å². The second-order valence-electron chi connectivity index (χ2n) is 8.11. The Labute approximate surface area is 209 Å². The van der Waals surface area contributed by atoms with Gasteiger partial charge in [-0.15, -0.1) is 0 Å². The van der Waals surface area contributed by atoms with Crippen LogP contribution < -0.4 is 11.2 Å². The molecule has 0 atom stereocenters. The number of nitriles is 1. The van der Waals surface area contributed by atoms with Crippen molar-refractivity contribution in [3.63, 3.8) is 0 Å². The first-order valence-electron chi connectivity index (χ1n) is 11.4. The van der Waals surface area contributed by atoms with Gasteiger partial charge in [-0.25, -0.2) is 8.42 Å². The van der Waals surface area contributed by atoms with Crippen LogP contribution in [0.3, 0.4) is 0 Å². The van der Waals surface area contributed by atoms with Crippen LogP contribution in [0.15, 0.2) is 45.5 Å². The van der Waals surface area contributed by atoms with E-state index in [2.05, 4.69) is 16.6 Å². The normalized spacial score (nSPS) is 12.4. The van der Waals surface area contributed by atoms with Crippen LogP contribution in [0.1, 0.15) is 47.0 Å². The van der Waals surface area contributed by atoms with Gasteiger partial charge < -0.3 is 15.4 Å². The molecule has 0 bridgehead atoms. The predicted octanol–water partition coefficient (Wildman–Crippen LogP) is 2.95. The molecule has 0 radical (unpaired) electrons. The van der Waals surface area contributed by atoms with Gasteiger partial charge in [-0.3, -0.25) is 10.2 Å². The van der Waals surface area contributed by atoms with Gasteiger partial charge in [0, 0.05) is 32.8 Å². The molecule has 3 N–H and O–H groups in total. The van der Waals surface area contributed by atoms with Crippen molar-refractivity contribution in [1.29, 1.82) is 5.26 Å². The lowest BCUT2D eigenvalue weighted by Crippen LogP contribution is -2.33. The molecule has 1 rings (SSSR count). The Morgan fingerprint density at radius 1 is 1.17 bits per heavy atom. The molecule has 0 aromatic heterocycles. The third-order valence-corrected chi connectivity index (χ3v) is 6.86. The van der Waals surface area contributed by atoms with Crippen molar-refractivity contribution < 1.29 is 18.0 Å². The maximum Gasteiger partial charge on any atom is 0.269 e. The number of carbonyl (C=O) groups is 2. The molecule has 1 aromatic rings. The van der Waals surface area contributed by atoms with Gasteiger partial charge in [0.25, 0.3) is 5.91 Å². The van der Waals surface area contributed by atoms with Crippen molar-refractivity contribution in [1.82, 2.24) is 9.21 Å². The van der Waals surface area contributed by atoms with Gasteiger partial charge in [-0.2, -0.15) is 14.7 Å². The number of nitrogens with two attached hydrogens (primary N) is 1. The van der Waals surface area contributed by atoms with E-state index < -0.39 is 15.9 Å². The molecule has 1 amide bonds. The van der Waals surface area contributed by atoms with E-state index >= 15 is 0 Å². The summed E-state index contributed by atoms with van der Waals surface area (Å²) in [6.45, 7) is 10.4. The number of primary amides is 1. The molecule has 0 saturated carbocycles. The number of hydrogen-bond acceptors (Lipinski definition) is 8. The average Bonchev–Trinajstić information content (AvgIpc) is 2.82. The van der Waals surface area contributed by atoms with Crippen molar-refractivity contribution in [2.24, 2.45) is 16.8 Å². The van der Waals surface area contributed by atoms with Crippen LogP contribution in [-0.4, -0.2) is 63.2 Å². The molecule has 35 heavy (non-hydrogen) atoms. The van der Waals surface area contributed by atoms with Crippen molar-refractivity contribution in [2.75, 3.05) is 32.6 Å². The lowest BCUT2D eigenvalue weighted by atomic mass is 9.95. The smallest absolute Gasteiger partial charge is 0.269 e. The van der Waals surface area contributed by atoms with E-state index in [-0.39, 0.29) is 27.9 Å². The Bertz CT molecular complexity index is 1040. The van der Waals surface area contributed by atoms with E-state index in [0.717, 1.165) is 12.8 Å². The summed E-state index contributed by atoms with van der Waals surface area (Å²) in [4.78, 5) is 21.9. The first-order chi connectivity index (χ1) is 16.5. The highest BCUT2D eigenvalue weighted by Crippen LogP contribution is 2.26. The summed E-state index contributed by atoms with van der Waals surface area (Å²) in [5.74, 6) is -1.06. The molecule has 1 aromatic carbocycles. The Morgan fingerprint density at radius 3 is 2.23 bits per heavy atom. The fraction of sp³-hybridized carbons (Fsp3) is 0.500. The number of anilines is 1. The number of nitrogens with one attached hydrogen (secondary N) is 1. The van der Waals surface area contributed by atoms with Gasteiger partial charge in [0.15, 0.2) is 5.71 Å². The highest BCUT2D eigenvalue weighted by Gasteiger charge is 2.27. The molecular weight excluding hydrogens is 468 g/mol. The van der Waals surface area contributed by atoms with E-state index in [0.29, 0.717) is 25.1 Å². The Hall–Kier alpha value is -3.23. The quantitative estimate of drug-likeness (QED) is 0.237. The zero-order valence-corrected chi connectivity index (χ0v) is 22.4. The van der Waals surface area contributed by atoms with Crippen LogP contribution in [0.2, 0.25) is 0 Å². The maximum absolute atomic E-state index is 13.4. The molecule has 0 fully saturated rings. The molecule has 0 aliphatic carbocycles. The Morgan fingerprint density at radius 2 is 1.77 bits per heavy atom. The van der Waals surface area contributed by atoms with E-state index in [9.17, 15) is 18.5 Å². The minimum absolute atomic E-state index is 0.0605. The number of carbonyl (C=O) groups excluding carboxylic acids is 2. The number of amides is 1. The Balaban J connectivity index is 0.00000562. The third kappa shape index (κ3) is 8.81. The van der Waals surface area contributed by atoms with Crippen molar-refractivity contribution in [2.45, 2.75) is 51.9 Å². The molecule has 194 valence electrons. The van der Waals surface area contributed by atoms with Crippen molar-refractivity contribution >= 4 is 34.1 Å². The first kappa shape index (κ1) is 31.8. The van der Waals surface area contributed by atoms with E-state index in [1.54, 1.807) is 37.2 Å². The summed E-state index contributed by atoms with van der Waals surface area (Å²) in [5.41, 5.74) is 9.05. The molecule has 0 unspecified atom stereocenters. The largest absolute Gasteiger partial charge is 0.369 e.